The number of aliphatic carboxylic acids is 1. The molecule has 0 aliphatic rings. The fourth-order valence-electron chi connectivity index (χ4n) is 2.79. The monoisotopic (exact) mass is 360 g/mol. The van der Waals surface area contributed by atoms with E-state index in [1.807, 2.05) is 0 Å². The number of ketones is 1. The molecule has 0 unspecified atom stereocenters. The summed E-state index contributed by atoms with van der Waals surface area (Å²) in [4.78, 5) is 30.8. The highest BCUT2D eigenvalue weighted by Crippen LogP contribution is 2.28. The smallest absolute Gasteiger partial charge is 0.307 e. The van der Waals surface area contributed by atoms with Gasteiger partial charge in [-0.1, -0.05) is 24.6 Å². The van der Waals surface area contributed by atoms with Crippen molar-refractivity contribution in [2.75, 3.05) is 0 Å². The molecular weight excluding hydrogens is 347 g/mol. The molecular formula is C18H14ClFN2O3. The highest BCUT2D eigenvalue weighted by Gasteiger charge is 2.25. The van der Waals surface area contributed by atoms with Gasteiger partial charge in [-0.3, -0.25) is 9.59 Å². The Labute approximate surface area is 147 Å². The predicted molar refractivity (Wildman–Crippen MR) is 91.7 cm³/mol. The third kappa shape index (κ3) is 3.13. The van der Waals surface area contributed by atoms with Crippen molar-refractivity contribution in [2.24, 2.45) is 0 Å². The summed E-state index contributed by atoms with van der Waals surface area (Å²) in [5.41, 5.74) is 0.853. The van der Waals surface area contributed by atoms with Gasteiger partial charge in [-0.05, 0) is 30.2 Å². The predicted octanol–water partition coefficient (Wildman–Crippen LogP) is 3.78. The number of hydrogen-bond donors (Lipinski definition) is 2. The third-order valence-corrected chi connectivity index (χ3v) is 4.22. The number of H-pyrrole nitrogens is 1. The van der Waals surface area contributed by atoms with Crippen molar-refractivity contribution >= 4 is 34.3 Å². The van der Waals surface area contributed by atoms with Crippen LogP contribution in [0.15, 0.2) is 30.5 Å². The number of aryl methyl sites for hydroxylation is 1. The molecule has 1 aromatic carbocycles. The molecule has 2 aromatic heterocycles. The molecule has 0 saturated carbocycles. The second-order valence-corrected chi connectivity index (χ2v) is 5.99. The minimum absolute atomic E-state index is 0.0133. The second kappa shape index (κ2) is 6.64. The Kier molecular flexibility index (Phi) is 4.55. The van der Waals surface area contributed by atoms with Crippen LogP contribution in [0.5, 0.6) is 0 Å². The molecule has 0 spiro atoms. The van der Waals surface area contributed by atoms with E-state index >= 15 is 0 Å². The van der Waals surface area contributed by atoms with Gasteiger partial charge in [-0.2, -0.15) is 0 Å². The summed E-state index contributed by atoms with van der Waals surface area (Å²) in [5.74, 6) is -2.47. The topological polar surface area (TPSA) is 83.0 Å². The molecule has 7 heteroatoms. The summed E-state index contributed by atoms with van der Waals surface area (Å²) in [5, 5.41) is 10.2. The fraction of sp³-hybridized carbons (Fsp3) is 0.167. The summed E-state index contributed by atoms with van der Waals surface area (Å²) < 4.78 is 14.5. The highest BCUT2D eigenvalue weighted by molar-refractivity contribution is 6.31. The van der Waals surface area contributed by atoms with Crippen LogP contribution in [0.3, 0.4) is 0 Å². The maximum absolute atomic E-state index is 14.5. The van der Waals surface area contributed by atoms with Gasteiger partial charge in [0.2, 0.25) is 5.78 Å². The molecule has 0 aliphatic carbocycles. The molecule has 3 rings (SSSR count). The number of benzene rings is 1. The van der Waals surface area contributed by atoms with E-state index in [2.05, 4.69) is 9.97 Å². The van der Waals surface area contributed by atoms with Crippen molar-refractivity contribution in [3.05, 3.63) is 63.8 Å². The van der Waals surface area contributed by atoms with E-state index < -0.39 is 17.6 Å². The zero-order chi connectivity index (χ0) is 18.1. The Morgan fingerprint density at radius 3 is 2.76 bits per heavy atom. The number of aromatic amines is 1. The number of rotatable bonds is 5. The van der Waals surface area contributed by atoms with Gasteiger partial charge in [0, 0.05) is 27.7 Å². The minimum Gasteiger partial charge on any atom is -0.481 e. The lowest BCUT2D eigenvalue weighted by Crippen LogP contribution is -2.13. The minimum atomic E-state index is -1.10. The quantitative estimate of drug-likeness (QED) is 0.678. The standard InChI is InChI=1S/C18H14ClFN2O3/c1-2-9-5-6-21-17(15(9)20)18(25)16-12(8-14(23)24)11-4-3-10(19)7-13(11)22-16/h3-7,22H,2,8H2,1H3,(H,23,24). The van der Waals surface area contributed by atoms with Gasteiger partial charge in [0.25, 0.3) is 0 Å². The number of halogens is 2. The number of fused-ring (bicyclic) bond motifs is 1. The van der Waals surface area contributed by atoms with E-state index in [1.54, 1.807) is 25.1 Å². The first-order valence-corrected chi connectivity index (χ1v) is 8.00. The summed E-state index contributed by atoms with van der Waals surface area (Å²) in [6.07, 6.45) is 1.41. The Balaban J connectivity index is 2.20. The first kappa shape index (κ1) is 17.1. The fourth-order valence-corrected chi connectivity index (χ4v) is 2.96. The molecule has 0 bridgehead atoms. The van der Waals surface area contributed by atoms with Gasteiger partial charge < -0.3 is 10.1 Å². The van der Waals surface area contributed by atoms with Gasteiger partial charge >= 0.3 is 5.97 Å². The average Bonchev–Trinajstić information content (AvgIpc) is 2.91. The van der Waals surface area contributed by atoms with Crippen LogP contribution in [-0.4, -0.2) is 26.8 Å². The van der Waals surface area contributed by atoms with Crippen LogP contribution in [-0.2, 0) is 17.6 Å². The molecule has 3 aromatic rings. The van der Waals surface area contributed by atoms with Crippen LogP contribution >= 0.6 is 11.6 Å². The normalized spacial score (nSPS) is 11.0. The molecule has 2 heterocycles. The maximum atomic E-state index is 14.5. The number of carbonyl (C=O) groups excluding carboxylic acids is 1. The Morgan fingerprint density at radius 2 is 2.08 bits per heavy atom. The SMILES string of the molecule is CCc1ccnc(C(=O)c2[nH]c3cc(Cl)ccc3c2CC(=O)O)c1F. The zero-order valence-electron chi connectivity index (χ0n) is 13.3. The average molecular weight is 361 g/mol. The van der Waals surface area contributed by atoms with Crippen molar-refractivity contribution in [2.45, 2.75) is 19.8 Å². The number of hydrogen-bond acceptors (Lipinski definition) is 3. The lowest BCUT2D eigenvalue weighted by molar-refractivity contribution is -0.136. The largest absolute Gasteiger partial charge is 0.481 e. The number of nitrogens with zero attached hydrogens (tertiary/aromatic N) is 1. The first-order valence-electron chi connectivity index (χ1n) is 7.62. The van der Waals surface area contributed by atoms with Crippen LogP contribution < -0.4 is 0 Å². The molecule has 25 heavy (non-hydrogen) atoms. The van der Waals surface area contributed by atoms with E-state index in [1.165, 1.54) is 12.3 Å². The Morgan fingerprint density at radius 1 is 1.32 bits per heavy atom. The van der Waals surface area contributed by atoms with Crippen molar-refractivity contribution < 1.29 is 19.1 Å². The maximum Gasteiger partial charge on any atom is 0.307 e. The zero-order valence-corrected chi connectivity index (χ0v) is 14.0. The van der Waals surface area contributed by atoms with Gasteiger partial charge in [-0.25, -0.2) is 9.37 Å². The number of nitrogens with one attached hydrogen (secondary N) is 1. The van der Waals surface area contributed by atoms with Crippen LogP contribution in [0.25, 0.3) is 10.9 Å². The van der Waals surface area contributed by atoms with Crippen LogP contribution in [0.2, 0.25) is 5.02 Å². The molecule has 5 nitrogen and oxygen atoms in total. The summed E-state index contributed by atoms with van der Waals surface area (Å²) in [6, 6.07) is 6.34. The molecule has 0 aliphatic heterocycles. The molecule has 0 radical (unpaired) electrons. The first-order chi connectivity index (χ1) is 11.9. The van der Waals surface area contributed by atoms with E-state index in [9.17, 15) is 19.1 Å². The van der Waals surface area contributed by atoms with Crippen molar-refractivity contribution in [1.82, 2.24) is 9.97 Å². The summed E-state index contributed by atoms with van der Waals surface area (Å²) >= 11 is 5.95. The molecule has 128 valence electrons. The van der Waals surface area contributed by atoms with E-state index in [-0.39, 0.29) is 23.4 Å². The van der Waals surface area contributed by atoms with E-state index in [0.717, 1.165) is 0 Å². The Bertz CT molecular complexity index is 997. The summed E-state index contributed by atoms with van der Waals surface area (Å²) in [7, 11) is 0. The third-order valence-electron chi connectivity index (χ3n) is 3.99. The van der Waals surface area contributed by atoms with Crippen molar-refractivity contribution in [3.8, 4) is 0 Å². The summed E-state index contributed by atoms with van der Waals surface area (Å²) in [6.45, 7) is 1.77. The highest BCUT2D eigenvalue weighted by atomic mass is 35.5. The van der Waals surface area contributed by atoms with Crippen LogP contribution in [0.1, 0.15) is 34.2 Å². The van der Waals surface area contributed by atoms with Gasteiger partial charge in [-0.15, -0.1) is 0 Å². The number of carboxylic acids is 1. The number of pyridine rings is 1. The molecule has 2 N–H and O–H groups in total. The van der Waals surface area contributed by atoms with Gasteiger partial charge in [0.15, 0.2) is 5.82 Å². The number of carbonyl (C=O) groups is 2. The van der Waals surface area contributed by atoms with Crippen molar-refractivity contribution in [3.63, 3.8) is 0 Å². The van der Waals surface area contributed by atoms with Crippen LogP contribution in [0.4, 0.5) is 4.39 Å². The second-order valence-electron chi connectivity index (χ2n) is 5.55. The molecule has 0 saturated heterocycles. The number of carboxylic acid groups (broad SMARTS) is 1. The van der Waals surface area contributed by atoms with E-state index in [0.29, 0.717) is 27.9 Å². The van der Waals surface area contributed by atoms with Gasteiger partial charge in [0.1, 0.15) is 5.69 Å². The Hall–Kier alpha value is -2.73. The van der Waals surface area contributed by atoms with Crippen LogP contribution in [0, 0.1) is 5.82 Å². The van der Waals surface area contributed by atoms with Gasteiger partial charge in [0.05, 0.1) is 12.1 Å². The molecule has 0 fully saturated rings. The molecule has 0 amide bonds. The molecule has 0 atom stereocenters. The lowest BCUT2D eigenvalue weighted by Gasteiger charge is -2.06. The van der Waals surface area contributed by atoms with E-state index in [4.69, 9.17) is 11.6 Å². The lowest BCUT2D eigenvalue weighted by atomic mass is 10.0. The number of aromatic nitrogens is 2. The van der Waals surface area contributed by atoms with Crippen molar-refractivity contribution in [1.29, 1.82) is 0 Å².